The average molecular weight is 240 g/mol. The van der Waals surface area contributed by atoms with Crippen molar-refractivity contribution in [1.82, 2.24) is 0 Å². The highest BCUT2D eigenvalue weighted by atomic mass is 16.5. The fourth-order valence-corrected chi connectivity index (χ4v) is 2.47. The van der Waals surface area contributed by atoms with E-state index in [-0.39, 0.29) is 12.1 Å². The second kappa shape index (κ2) is 9.49. The molecule has 1 aliphatic rings. The molecule has 0 spiro atoms. The molecule has 0 unspecified atom stereocenters. The summed E-state index contributed by atoms with van der Waals surface area (Å²) in [5, 5.41) is 0. The zero-order chi connectivity index (χ0) is 12.3. The van der Waals surface area contributed by atoms with Crippen LogP contribution in [-0.2, 0) is 9.53 Å². The van der Waals surface area contributed by atoms with Gasteiger partial charge in [-0.1, -0.05) is 58.3 Å². The third kappa shape index (κ3) is 7.40. The summed E-state index contributed by atoms with van der Waals surface area (Å²) in [7, 11) is 0. The van der Waals surface area contributed by atoms with Crippen LogP contribution in [0.5, 0.6) is 0 Å². The molecule has 0 aromatic rings. The van der Waals surface area contributed by atoms with E-state index >= 15 is 0 Å². The lowest BCUT2D eigenvalue weighted by atomic mass is 10.0. The van der Waals surface area contributed by atoms with Crippen molar-refractivity contribution < 1.29 is 9.53 Å². The number of carbonyl (C=O) groups excluding carboxylic acids is 1. The van der Waals surface area contributed by atoms with E-state index in [2.05, 4.69) is 6.92 Å². The number of cyclic esters (lactones) is 1. The highest BCUT2D eigenvalue weighted by Gasteiger charge is 2.22. The van der Waals surface area contributed by atoms with E-state index < -0.39 is 0 Å². The lowest BCUT2D eigenvalue weighted by molar-refractivity contribution is -0.141. The maximum absolute atomic E-state index is 10.9. The van der Waals surface area contributed by atoms with Crippen LogP contribution in [0.1, 0.15) is 84.0 Å². The van der Waals surface area contributed by atoms with Crippen LogP contribution >= 0.6 is 0 Å². The molecule has 0 amide bonds. The second-order valence-electron chi connectivity index (χ2n) is 5.27. The Balaban J connectivity index is 1.77. The Morgan fingerprint density at radius 1 is 1.00 bits per heavy atom. The first-order valence-electron chi connectivity index (χ1n) is 7.52. The summed E-state index contributed by atoms with van der Waals surface area (Å²) in [5.41, 5.74) is 0. The van der Waals surface area contributed by atoms with Crippen LogP contribution in [0.15, 0.2) is 0 Å². The van der Waals surface area contributed by atoms with Crippen LogP contribution in [0, 0.1) is 0 Å². The Morgan fingerprint density at radius 2 is 1.59 bits per heavy atom. The number of ether oxygens (including phenoxy) is 1. The number of hydrogen-bond donors (Lipinski definition) is 0. The fourth-order valence-electron chi connectivity index (χ4n) is 2.47. The van der Waals surface area contributed by atoms with Gasteiger partial charge in [0.15, 0.2) is 0 Å². The monoisotopic (exact) mass is 240 g/mol. The molecule has 0 aliphatic carbocycles. The topological polar surface area (TPSA) is 26.3 Å². The van der Waals surface area contributed by atoms with Crippen LogP contribution in [0.3, 0.4) is 0 Å². The van der Waals surface area contributed by atoms with E-state index in [0.29, 0.717) is 6.42 Å². The summed E-state index contributed by atoms with van der Waals surface area (Å²) in [6.45, 7) is 2.26. The largest absolute Gasteiger partial charge is 0.462 e. The summed E-state index contributed by atoms with van der Waals surface area (Å²) >= 11 is 0. The molecule has 0 aromatic heterocycles. The third-order valence-corrected chi connectivity index (χ3v) is 3.60. The molecule has 1 saturated heterocycles. The summed E-state index contributed by atoms with van der Waals surface area (Å²) in [4.78, 5) is 10.9. The molecule has 1 heterocycles. The standard InChI is InChI=1S/C15H28O2/c1-2-3-4-5-6-7-8-9-10-11-14-12-13-15(16)17-14/h14H,2-13H2,1H3/t14-/m0/s1. The highest BCUT2D eigenvalue weighted by molar-refractivity contribution is 5.71. The predicted octanol–water partition coefficient (Wildman–Crippen LogP) is 4.61. The van der Waals surface area contributed by atoms with Gasteiger partial charge in [-0.05, 0) is 19.3 Å². The minimum atomic E-state index is 0.00549. The molecular formula is C15H28O2. The van der Waals surface area contributed by atoms with Crippen molar-refractivity contribution in [2.24, 2.45) is 0 Å². The second-order valence-corrected chi connectivity index (χ2v) is 5.27. The predicted molar refractivity (Wildman–Crippen MR) is 71.0 cm³/mol. The molecule has 0 N–H and O–H groups in total. The Morgan fingerprint density at radius 3 is 2.12 bits per heavy atom. The van der Waals surface area contributed by atoms with Gasteiger partial charge in [0.2, 0.25) is 0 Å². The van der Waals surface area contributed by atoms with Gasteiger partial charge in [0.05, 0.1) is 0 Å². The summed E-state index contributed by atoms with van der Waals surface area (Å²) in [6, 6.07) is 0. The van der Waals surface area contributed by atoms with Crippen molar-refractivity contribution in [3.05, 3.63) is 0 Å². The number of esters is 1. The average Bonchev–Trinajstić information content (AvgIpc) is 2.73. The van der Waals surface area contributed by atoms with E-state index in [1.165, 1.54) is 57.8 Å². The molecule has 2 heteroatoms. The van der Waals surface area contributed by atoms with Gasteiger partial charge >= 0.3 is 5.97 Å². The van der Waals surface area contributed by atoms with Crippen molar-refractivity contribution in [3.63, 3.8) is 0 Å². The van der Waals surface area contributed by atoms with Gasteiger partial charge in [-0.3, -0.25) is 4.79 Å². The van der Waals surface area contributed by atoms with Crippen molar-refractivity contribution >= 4 is 5.97 Å². The Kier molecular flexibility index (Phi) is 8.12. The molecule has 1 fully saturated rings. The normalized spacial score (nSPS) is 19.6. The smallest absolute Gasteiger partial charge is 0.306 e. The number of carbonyl (C=O) groups is 1. The molecule has 100 valence electrons. The Bertz CT molecular complexity index is 201. The molecule has 1 aliphatic heterocycles. The first kappa shape index (κ1) is 14.5. The molecule has 2 nitrogen and oxygen atoms in total. The summed E-state index contributed by atoms with van der Waals surface area (Å²) in [5.74, 6) is 0.00549. The number of rotatable bonds is 10. The first-order valence-corrected chi connectivity index (χ1v) is 7.52. The van der Waals surface area contributed by atoms with Crippen LogP contribution in [-0.4, -0.2) is 12.1 Å². The van der Waals surface area contributed by atoms with Gasteiger partial charge in [-0.25, -0.2) is 0 Å². The molecule has 1 rings (SSSR count). The van der Waals surface area contributed by atoms with Crippen molar-refractivity contribution in [2.45, 2.75) is 90.1 Å². The van der Waals surface area contributed by atoms with E-state index in [0.717, 1.165) is 12.8 Å². The molecule has 17 heavy (non-hydrogen) atoms. The highest BCUT2D eigenvalue weighted by Crippen LogP contribution is 2.20. The Labute approximate surface area is 106 Å². The van der Waals surface area contributed by atoms with Crippen LogP contribution in [0.2, 0.25) is 0 Å². The maximum atomic E-state index is 10.9. The first-order chi connectivity index (χ1) is 8.33. The molecule has 0 bridgehead atoms. The van der Waals surface area contributed by atoms with E-state index in [4.69, 9.17) is 4.74 Å². The van der Waals surface area contributed by atoms with E-state index in [1.807, 2.05) is 0 Å². The number of hydrogen-bond acceptors (Lipinski definition) is 2. The SMILES string of the molecule is CCCCCCCCCCC[C@H]1CCC(=O)O1. The third-order valence-electron chi connectivity index (χ3n) is 3.60. The van der Waals surface area contributed by atoms with Gasteiger partial charge in [0, 0.05) is 6.42 Å². The van der Waals surface area contributed by atoms with Gasteiger partial charge in [-0.2, -0.15) is 0 Å². The lowest BCUT2D eigenvalue weighted by Crippen LogP contribution is -2.06. The molecule has 0 saturated carbocycles. The van der Waals surface area contributed by atoms with Gasteiger partial charge < -0.3 is 4.74 Å². The van der Waals surface area contributed by atoms with Crippen LogP contribution < -0.4 is 0 Å². The summed E-state index contributed by atoms with van der Waals surface area (Å²) < 4.78 is 5.19. The zero-order valence-corrected chi connectivity index (χ0v) is 11.4. The van der Waals surface area contributed by atoms with Crippen LogP contribution in [0.4, 0.5) is 0 Å². The van der Waals surface area contributed by atoms with Crippen molar-refractivity contribution in [1.29, 1.82) is 0 Å². The fraction of sp³-hybridized carbons (Fsp3) is 0.933. The zero-order valence-electron chi connectivity index (χ0n) is 11.4. The van der Waals surface area contributed by atoms with E-state index in [1.54, 1.807) is 0 Å². The van der Waals surface area contributed by atoms with Gasteiger partial charge in [-0.15, -0.1) is 0 Å². The Hall–Kier alpha value is -0.530. The van der Waals surface area contributed by atoms with Crippen molar-refractivity contribution in [3.8, 4) is 0 Å². The molecule has 0 radical (unpaired) electrons. The lowest BCUT2D eigenvalue weighted by Gasteiger charge is -2.08. The van der Waals surface area contributed by atoms with Gasteiger partial charge in [0.25, 0.3) is 0 Å². The molecule has 0 aromatic carbocycles. The molecular weight excluding hydrogens is 212 g/mol. The van der Waals surface area contributed by atoms with Crippen LogP contribution in [0.25, 0.3) is 0 Å². The van der Waals surface area contributed by atoms with Crippen molar-refractivity contribution in [2.75, 3.05) is 0 Å². The minimum Gasteiger partial charge on any atom is -0.462 e. The minimum absolute atomic E-state index is 0.00549. The van der Waals surface area contributed by atoms with Gasteiger partial charge in [0.1, 0.15) is 6.10 Å². The quantitative estimate of drug-likeness (QED) is 0.411. The summed E-state index contributed by atoms with van der Waals surface area (Å²) in [6.07, 6.45) is 15.1. The number of unbranched alkanes of at least 4 members (excludes halogenated alkanes) is 8. The van der Waals surface area contributed by atoms with E-state index in [9.17, 15) is 4.79 Å². The maximum Gasteiger partial charge on any atom is 0.306 e. The molecule has 1 atom stereocenters.